The Balaban J connectivity index is 1.51. The summed E-state index contributed by atoms with van der Waals surface area (Å²) in [4.78, 5) is 14.9. The predicted molar refractivity (Wildman–Crippen MR) is 110 cm³/mol. The van der Waals surface area contributed by atoms with Gasteiger partial charge in [0.25, 0.3) is 5.91 Å². The molecular formula is C22H28N2OS. The number of nitrogens with zero attached hydrogens (tertiary/aromatic N) is 1. The molecular weight excluding hydrogens is 340 g/mol. The first-order chi connectivity index (χ1) is 12.7. The van der Waals surface area contributed by atoms with Gasteiger partial charge in [-0.15, -0.1) is 0 Å². The van der Waals surface area contributed by atoms with Gasteiger partial charge in [-0.3, -0.25) is 9.69 Å². The first-order valence-corrected chi connectivity index (χ1v) is 10.8. The fraction of sp³-hybridized carbons (Fsp3) is 0.409. The second-order valence-electron chi connectivity index (χ2n) is 6.97. The second kappa shape index (κ2) is 9.79. The van der Waals surface area contributed by atoms with Gasteiger partial charge >= 0.3 is 0 Å². The molecule has 1 aliphatic heterocycles. The van der Waals surface area contributed by atoms with E-state index in [0.717, 1.165) is 23.4 Å². The van der Waals surface area contributed by atoms with Crippen LogP contribution in [0.15, 0.2) is 48.5 Å². The minimum absolute atomic E-state index is 0.00894. The molecule has 0 aromatic heterocycles. The zero-order chi connectivity index (χ0) is 18.2. The Morgan fingerprint density at radius 3 is 2.46 bits per heavy atom. The maximum absolute atomic E-state index is 12.4. The summed E-state index contributed by atoms with van der Waals surface area (Å²) in [6.45, 7) is 4.03. The lowest BCUT2D eigenvalue weighted by Crippen LogP contribution is -2.29. The van der Waals surface area contributed by atoms with Gasteiger partial charge in [0, 0.05) is 24.4 Å². The van der Waals surface area contributed by atoms with Gasteiger partial charge in [0.2, 0.25) is 0 Å². The third-order valence-electron chi connectivity index (χ3n) is 4.83. The van der Waals surface area contributed by atoms with Crippen molar-refractivity contribution >= 4 is 17.7 Å². The number of thioether (sulfide) groups is 1. The smallest absolute Gasteiger partial charge is 0.251 e. The number of benzene rings is 2. The van der Waals surface area contributed by atoms with Crippen molar-refractivity contribution in [3.05, 3.63) is 70.8 Å². The van der Waals surface area contributed by atoms with Crippen molar-refractivity contribution in [2.45, 2.75) is 38.1 Å². The number of carbonyl (C=O) groups excluding carboxylic acids is 1. The van der Waals surface area contributed by atoms with Crippen LogP contribution < -0.4 is 5.32 Å². The monoisotopic (exact) mass is 368 g/mol. The van der Waals surface area contributed by atoms with Crippen LogP contribution in [0, 0.1) is 0 Å². The average Bonchev–Trinajstić information content (AvgIpc) is 2.68. The van der Waals surface area contributed by atoms with Gasteiger partial charge in [0.05, 0.1) is 0 Å². The SMILES string of the molecule is CSCc1cccc(C(=O)NCc2ccc(CN3CCCCC3)cc2)c1. The molecule has 0 saturated carbocycles. The topological polar surface area (TPSA) is 32.3 Å². The molecule has 0 unspecified atom stereocenters. The van der Waals surface area contributed by atoms with Crippen LogP contribution in [-0.4, -0.2) is 30.2 Å². The van der Waals surface area contributed by atoms with Gasteiger partial charge in [-0.05, 0) is 61.0 Å². The van der Waals surface area contributed by atoms with Crippen LogP contribution in [0.4, 0.5) is 0 Å². The average molecular weight is 369 g/mol. The molecule has 1 aliphatic rings. The fourth-order valence-electron chi connectivity index (χ4n) is 3.39. The first kappa shape index (κ1) is 19.0. The van der Waals surface area contributed by atoms with Gasteiger partial charge in [0.15, 0.2) is 0 Å². The molecule has 0 radical (unpaired) electrons. The van der Waals surface area contributed by atoms with E-state index in [9.17, 15) is 4.79 Å². The molecule has 2 aromatic rings. The van der Waals surface area contributed by atoms with E-state index in [1.54, 1.807) is 11.8 Å². The highest BCUT2D eigenvalue weighted by Gasteiger charge is 2.10. The lowest BCUT2D eigenvalue weighted by Gasteiger charge is -2.26. The molecule has 1 amide bonds. The van der Waals surface area contributed by atoms with E-state index >= 15 is 0 Å². The van der Waals surface area contributed by atoms with Crippen LogP contribution in [0.5, 0.6) is 0 Å². The minimum Gasteiger partial charge on any atom is -0.348 e. The number of nitrogens with one attached hydrogen (secondary N) is 1. The summed E-state index contributed by atoms with van der Waals surface area (Å²) in [5.74, 6) is 0.921. The van der Waals surface area contributed by atoms with Crippen molar-refractivity contribution in [3.8, 4) is 0 Å². The molecule has 3 nitrogen and oxygen atoms in total. The summed E-state index contributed by atoms with van der Waals surface area (Å²) in [7, 11) is 0. The summed E-state index contributed by atoms with van der Waals surface area (Å²) in [5.41, 5.74) is 4.42. The molecule has 1 heterocycles. The second-order valence-corrected chi connectivity index (χ2v) is 7.84. The van der Waals surface area contributed by atoms with Crippen LogP contribution in [0.2, 0.25) is 0 Å². The molecule has 3 rings (SSSR count). The Morgan fingerprint density at radius 2 is 1.73 bits per heavy atom. The highest BCUT2D eigenvalue weighted by atomic mass is 32.2. The normalized spacial score (nSPS) is 15.0. The zero-order valence-electron chi connectivity index (χ0n) is 15.5. The van der Waals surface area contributed by atoms with E-state index in [4.69, 9.17) is 0 Å². The maximum Gasteiger partial charge on any atom is 0.251 e. The van der Waals surface area contributed by atoms with E-state index in [1.807, 2.05) is 18.2 Å². The van der Waals surface area contributed by atoms with Crippen LogP contribution in [-0.2, 0) is 18.8 Å². The number of hydrogen-bond donors (Lipinski definition) is 1. The molecule has 26 heavy (non-hydrogen) atoms. The van der Waals surface area contributed by atoms with Gasteiger partial charge in [0.1, 0.15) is 0 Å². The number of carbonyl (C=O) groups is 1. The minimum atomic E-state index is -0.00894. The number of piperidine rings is 1. The molecule has 1 saturated heterocycles. The van der Waals surface area contributed by atoms with Gasteiger partial charge in [-0.25, -0.2) is 0 Å². The van der Waals surface area contributed by atoms with E-state index in [0.29, 0.717) is 6.54 Å². The summed E-state index contributed by atoms with van der Waals surface area (Å²) in [6.07, 6.45) is 6.08. The molecule has 138 valence electrons. The van der Waals surface area contributed by atoms with Gasteiger partial charge in [-0.2, -0.15) is 11.8 Å². The molecule has 0 spiro atoms. The van der Waals surface area contributed by atoms with Crippen molar-refractivity contribution in [1.82, 2.24) is 10.2 Å². The Hall–Kier alpha value is -1.78. The summed E-state index contributed by atoms with van der Waals surface area (Å²) >= 11 is 1.76. The quantitative estimate of drug-likeness (QED) is 0.783. The number of amides is 1. The van der Waals surface area contributed by atoms with Crippen LogP contribution >= 0.6 is 11.8 Å². The maximum atomic E-state index is 12.4. The molecule has 0 bridgehead atoms. The lowest BCUT2D eigenvalue weighted by molar-refractivity contribution is 0.0951. The Labute approximate surface area is 161 Å². The third kappa shape index (κ3) is 5.61. The third-order valence-corrected chi connectivity index (χ3v) is 5.45. The molecule has 4 heteroatoms. The van der Waals surface area contributed by atoms with E-state index < -0.39 is 0 Å². The summed E-state index contributed by atoms with van der Waals surface area (Å²) in [6, 6.07) is 16.5. The summed E-state index contributed by atoms with van der Waals surface area (Å²) in [5, 5.41) is 3.03. The first-order valence-electron chi connectivity index (χ1n) is 9.41. The fourth-order valence-corrected chi connectivity index (χ4v) is 3.90. The van der Waals surface area contributed by atoms with Crippen LogP contribution in [0.3, 0.4) is 0 Å². The zero-order valence-corrected chi connectivity index (χ0v) is 16.4. The number of rotatable bonds is 7. The van der Waals surface area contributed by atoms with E-state index in [1.165, 1.54) is 43.5 Å². The van der Waals surface area contributed by atoms with E-state index in [2.05, 4.69) is 46.8 Å². The van der Waals surface area contributed by atoms with Gasteiger partial charge < -0.3 is 5.32 Å². The Kier molecular flexibility index (Phi) is 7.15. The molecule has 0 atom stereocenters. The molecule has 0 aliphatic carbocycles. The lowest BCUT2D eigenvalue weighted by atomic mass is 10.1. The van der Waals surface area contributed by atoms with Crippen LogP contribution in [0.25, 0.3) is 0 Å². The highest BCUT2D eigenvalue weighted by molar-refractivity contribution is 7.97. The van der Waals surface area contributed by atoms with Crippen molar-refractivity contribution in [1.29, 1.82) is 0 Å². The molecule has 1 fully saturated rings. The Morgan fingerprint density at radius 1 is 1.00 bits per heavy atom. The van der Waals surface area contributed by atoms with E-state index in [-0.39, 0.29) is 5.91 Å². The predicted octanol–water partition coefficient (Wildman–Crippen LogP) is 4.47. The standard InChI is InChI=1S/C22H28N2OS/c1-26-17-20-6-5-7-21(14-20)22(25)23-15-18-8-10-19(11-9-18)16-24-12-3-2-4-13-24/h5-11,14H,2-4,12-13,15-17H2,1H3,(H,23,25). The number of hydrogen-bond acceptors (Lipinski definition) is 3. The summed E-state index contributed by atoms with van der Waals surface area (Å²) < 4.78 is 0. The number of likely N-dealkylation sites (tertiary alicyclic amines) is 1. The van der Waals surface area contributed by atoms with Crippen molar-refractivity contribution in [2.24, 2.45) is 0 Å². The van der Waals surface area contributed by atoms with Crippen molar-refractivity contribution in [3.63, 3.8) is 0 Å². The Bertz CT molecular complexity index is 708. The van der Waals surface area contributed by atoms with Crippen molar-refractivity contribution < 1.29 is 4.79 Å². The van der Waals surface area contributed by atoms with Gasteiger partial charge in [-0.1, -0.05) is 42.8 Å². The molecule has 1 N–H and O–H groups in total. The largest absolute Gasteiger partial charge is 0.348 e. The van der Waals surface area contributed by atoms with Crippen molar-refractivity contribution in [2.75, 3.05) is 19.3 Å². The molecule has 2 aromatic carbocycles. The highest BCUT2D eigenvalue weighted by Crippen LogP contribution is 2.14. The van der Waals surface area contributed by atoms with Crippen LogP contribution in [0.1, 0.15) is 46.3 Å².